The summed E-state index contributed by atoms with van der Waals surface area (Å²) in [6, 6.07) is 7.75. The summed E-state index contributed by atoms with van der Waals surface area (Å²) in [6.07, 6.45) is 2.56. The summed E-state index contributed by atoms with van der Waals surface area (Å²) in [5.41, 5.74) is 1.21. The summed E-state index contributed by atoms with van der Waals surface area (Å²) in [4.78, 5) is 2.19. The average Bonchev–Trinajstić information content (AvgIpc) is 3.10. The Balaban J connectivity index is 2.02. The topological polar surface area (TPSA) is 15.3 Å². The molecule has 0 heterocycles. The Bertz CT molecular complexity index is 371. The first kappa shape index (κ1) is 13.5. The summed E-state index contributed by atoms with van der Waals surface area (Å²) in [6.45, 7) is 3.23. The first-order chi connectivity index (χ1) is 8.56. The average molecular weight is 250 g/mol. The Morgan fingerprint density at radius 1 is 1.28 bits per heavy atom. The van der Waals surface area contributed by atoms with Gasteiger partial charge in [0.05, 0.1) is 0 Å². The first-order valence-corrected chi connectivity index (χ1v) is 6.72. The van der Waals surface area contributed by atoms with E-state index in [0.29, 0.717) is 12.1 Å². The van der Waals surface area contributed by atoms with Crippen LogP contribution >= 0.6 is 0 Å². The Morgan fingerprint density at radius 2 is 1.89 bits per heavy atom. The number of nitrogens with zero attached hydrogens (tertiary/aromatic N) is 1. The fourth-order valence-electron chi connectivity index (χ4n) is 2.51. The first-order valence-electron chi connectivity index (χ1n) is 6.72. The number of nitrogens with one attached hydrogen (secondary N) is 1. The van der Waals surface area contributed by atoms with E-state index in [1.807, 2.05) is 12.1 Å². The van der Waals surface area contributed by atoms with Gasteiger partial charge in [0.25, 0.3) is 0 Å². The molecule has 18 heavy (non-hydrogen) atoms. The fraction of sp³-hybridized carbons (Fsp3) is 0.600. The van der Waals surface area contributed by atoms with E-state index in [1.54, 1.807) is 12.1 Å². The van der Waals surface area contributed by atoms with Crippen LogP contribution in [0.25, 0.3) is 0 Å². The smallest absolute Gasteiger partial charge is 0.123 e. The van der Waals surface area contributed by atoms with Crippen molar-refractivity contribution in [1.82, 2.24) is 10.2 Å². The molecule has 0 amide bonds. The van der Waals surface area contributed by atoms with E-state index in [-0.39, 0.29) is 5.82 Å². The Labute approximate surface area is 109 Å². The molecule has 0 spiro atoms. The molecule has 0 aliphatic heterocycles. The van der Waals surface area contributed by atoms with Crippen LogP contribution in [0.5, 0.6) is 0 Å². The van der Waals surface area contributed by atoms with Gasteiger partial charge in [-0.05, 0) is 57.5 Å². The molecule has 1 aliphatic carbocycles. The lowest BCUT2D eigenvalue weighted by Crippen LogP contribution is -2.38. The second-order valence-corrected chi connectivity index (χ2v) is 5.70. The lowest BCUT2D eigenvalue weighted by atomic mass is 10.0. The monoisotopic (exact) mass is 250 g/mol. The predicted molar refractivity (Wildman–Crippen MR) is 73.0 cm³/mol. The van der Waals surface area contributed by atoms with Gasteiger partial charge in [-0.1, -0.05) is 12.1 Å². The zero-order chi connectivity index (χ0) is 13.1. The largest absolute Gasteiger partial charge is 0.308 e. The standard InChI is InChI=1S/C15H23FN2/c1-11(10-18(2)3)17-15(12-4-5-12)13-6-8-14(16)9-7-13/h6-9,11-12,15,17H,4-5,10H2,1-3H3. The molecule has 1 aromatic carbocycles. The molecule has 1 N–H and O–H groups in total. The van der Waals surface area contributed by atoms with Crippen molar-refractivity contribution in [3.63, 3.8) is 0 Å². The Kier molecular flexibility index (Phi) is 4.36. The van der Waals surface area contributed by atoms with Gasteiger partial charge in [0.1, 0.15) is 5.82 Å². The fourth-order valence-corrected chi connectivity index (χ4v) is 2.51. The summed E-state index contributed by atoms with van der Waals surface area (Å²) in [7, 11) is 4.17. The molecule has 2 atom stereocenters. The zero-order valence-electron chi connectivity index (χ0n) is 11.5. The molecule has 100 valence electrons. The number of hydrogen-bond donors (Lipinski definition) is 1. The van der Waals surface area contributed by atoms with Gasteiger partial charge >= 0.3 is 0 Å². The second kappa shape index (κ2) is 5.81. The zero-order valence-corrected chi connectivity index (χ0v) is 11.5. The lowest BCUT2D eigenvalue weighted by Gasteiger charge is -2.25. The Hall–Kier alpha value is -0.930. The summed E-state index contributed by atoms with van der Waals surface area (Å²) in [5.74, 6) is 0.565. The van der Waals surface area contributed by atoms with Gasteiger partial charge in [0, 0.05) is 18.6 Å². The van der Waals surface area contributed by atoms with Crippen LogP contribution in [-0.4, -0.2) is 31.6 Å². The van der Waals surface area contributed by atoms with Gasteiger partial charge in [0.2, 0.25) is 0 Å². The molecule has 0 bridgehead atoms. The molecule has 1 fully saturated rings. The minimum absolute atomic E-state index is 0.158. The van der Waals surface area contributed by atoms with Crippen molar-refractivity contribution in [2.75, 3.05) is 20.6 Å². The minimum atomic E-state index is -0.158. The van der Waals surface area contributed by atoms with Crippen molar-refractivity contribution in [3.8, 4) is 0 Å². The molecule has 1 saturated carbocycles. The van der Waals surface area contributed by atoms with Crippen LogP contribution in [0.4, 0.5) is 4.39 Å². The number of halogens is 1. The van der Waals surface area contributed by atoms with Crippen molar-refractivity contribution in [3.05, 3.63) is 35.6 Å². The van der Waals surface area contributed by atoms with Crippen molar-refractivity contribution >= 4 is 0 Å². The van der Waals surface area contributed by atoms with E-state index in [1.165, 1.54) is 18.4 Å². The van der Waals surface area contributed by atoms with Gasteiger partial charge < -0.3 is 10.2 Å². The highest BCUT2D eigenvalue weighted by molar-refractivity contribution is 5.22. The lowest BCUT2D eigenvalue weighted by molar-refractivity contribution is 0.319. The molecule has 1 aliphatic rings. The quantitative estimate of drug-likeness (QED) is 0.835. The van der Waals surface area contributed by atoms with E-state index in [0.717, 1.165) is 12.5 Å². The minimum Gasteiger partial charge on any atom is -0.308 e. The van der Waals surface area contributed by atoms with Crippen LogP contribution < -0.4 is 5.32 Å². The molecule has 1 aromatic rings. The molecular weight excluding hydrogens is 227 g/mol. The molecule has 2 unspecified atom stereocenters. The summed E-state index contributed by atoms with van der Waals surface area (Å²) < 4.78 is 13.0. The molecule has 2 nitrogen and oxygen atoms in total. The van der Waals surface area contributed by atoms with E-state index in [2.05, 4.69) is 31.2 Å². The molecule has 3 heteroatoms. The molecule has 0 aromatic heterocycles. The van der Waals surface area contributed by atoms with Crippen LogP contribution in [0.3, 0.4) is 0 Å². The van der Waals surface area contributed by atoms with Gasteiger partial charge in [-0.2, -0.15) is 0 Å². The molecule has 0 radical (unpaired) electrons. The van der Waals surface area contributed by atoms with Crippen LogP contribution in [0, 0.1) is 11.7 Å². The third-order valence-electron chi connectivity index (χ3n) is 3.43. The van der Waals surface area contributed by atoms with E-state index >= 15 is 0 Å². The highest BCUT2D eigenvalue weighted by Crippen LogP contribution is 2.41. The number of likely N-dealkylation sites (N-methyl/N-ethyl adjacent to an activating group) is 1. The van der Waals surface area contributed by atoms with Crippen molar-refractivity contribution in [1.29, 1.82) is 0 Å². The summed E-state index contributed by atoms with van der Waals surface area (Å²) in [5, 5.41) is 3.68. The van der Waals surface area contributed by atoms with Crippen molar-refractivity contribution in [2.24, 2.45) is 5.92 Å². The van der Waals surface area contributed by atoms with Crippen LogP contribution in [0.2, 0.25) is 0 Å². The Morgan fingerprint density at radius 3 is 2.39 bits per heavy atom. The van der Waals surface area contributed by atoms with E-state index < -0.39 is 0 Å². The number of rotatable bonds is 6. The number of hydrogen-bond acceptors (Lipinski definition) is 2. The maximum Gasteiger partial charge on any atom is 0.123 e. The maximum atomic E-state index is 13.0. The van der Waals surface area contributed by atoms with Gasteiger partial charge in [-0.15, -0.1) is 0 Å². The van der Waals surface area contributed by atoms with Crippen LogP contribution in [-0.2, 0) is 0 Å². The SMILES string of the molecule is CC(CN(C)C)NC(c1ccc(F)cc1)C1CC1. The third-order valence-corrected chi connectivity index (χ3v) is 3.43. The van der Waals surface area contributed by atoms with E-state index in [4.69, 9.17) is 0 Å². The normalized spacial score (nSPS) is 18.9. The number of benzene rings is 1. The molecule has 0 saturated heterocycles. The molecule has 2 rings (SSSR count). The van der Waals surface area contributed by atoms with Gasteiger partial charge in [0.15, 0.2) is 0 Å². The second-order valence-electron chi connectivity index (χ2n) is 5.70. The van der Waals surface area contributed by atoms with Crippen LogP contribution in [0.15, 0.2) is 24.3 Å². The van der Waals surface area contributed by atoms with Crippen LogP contribution in [0.1, 0.15) is 31.4 Å². The highest BCUT2D eigenvalue weighted by atomic mass is 19.1. The van der Waals surface area contributed by atoms with Crippen molar-refractivity contribution in [2.45, 2.75) is 31.8 Å². The highest BCUT2D eigenvalue weighted by Gasteiger charge is 2.32. The third kappa shape index (κ3) is 3.79. The van der Waals surface area contributed by atoms with Gasteiger partial charge in [-0.3, -0.25) is 0 Å². The van der Waals surface area contributed by atoms with Gasteiger partial charge in [-0.25, -0.2) is 4.39 Å². The molecular formula is C15H23FN2. The van der Waals surface area contributed by atoms with E-state index in [9.17, 15) is 4.39 Å². The maximum absolute atomic E-state index is 13.0. The predicted octanol–water partition coefficient (Wildman–Crippen LogP) is 2.82. The summed E-state index contributed by atoms with van der Waals surface area (Å²) >= 11 is 0. The van der Waals surface area contributed by atoms with Crippen molar-refractivity contribution < 1.29 is 4.39 Å².